The van der Waals surface area contributed by atoms with Crippen LogP contribution in [0.25, 0.3) is 16.8 Å². The zero-order valence-electron chi connectivity index (χ0n) is 14.0. The van der Waals surface area contributed by atoms with Gasteiger partial charge in [-0.3, -0.25) is 14.5 Å². The number of hydrogen-bond donors (Lipinski definition) is 0. The maximum atomic E-state index is 12.8. The van der Waals surface area contributed by atoms with Gasteiger partial charge >= 0.3 is 0 Å². The van der Waals surface area contributed by atoms with Crippen LogP contribution in [0.15, 0.2) is 65.6 Å². The van der Waals surface area contributed by atoms with Crippen LogP contribution in [0.3, 0.4) is 0 Å². The molecule has 1 saturated heterocycles. The normalized spacial score (nSPS) is 15.9. The summed E-state index contributed by atoms with van der Waals surface area (Å²) in [5, 5.41) is 2.64. The van der Waals surface area contributed by atoms with Gasteiger partial charge < -0.3 is 0 Å². The number of hydrogen-bond acceptors (Lipinski definition) is 3. The zero-order chi connectivity index (χ0) is 19.0. The summed E-state index contributed by atoms with van der Waals surface area (Å²) in [7, 11) is 0. The van der Waals surface area contributed by atoms with Crippen LogP contribution < -0.4 is 0 Å². The summed E-state index contributed by atoms with van der Waals surface area (Å²) in [5.74, 6) is -0.339. The van der Waals surface area contributed by atoms with Crippen molar-refractivity contribution in [3.8, 4) is 0 Å². The van der Waals surface area contributed by atoms with E-state index in [-0.39, 0.29) is 17.7 Å². The number of carbonyl (C=O) groups excluding carboxylic acids is 2. The predicted octanol–water partition coefficient (Wildman–Crippen LogP) is 6.38. The molecule has 0 spiro atoms. The lowest BCUT2D eigenvalue weighted by molar-refractivity contribution is -0.123. The number of imide groups is 1. The van der Waals surface area contributed by atoms with Gasteiger partial charge in [-0.2, -0.15) is 0 Å². The van der Waals surface area contributed by atoms with E-state index in [1.807, 2.05) is 42.5 Å². The minimum Gasteiger partial charge on any atom is -0.268 e. The van der Waals surface area contributed by atoms with Crippen LogP contribution in [-0.4, -0.2) is 16.0 Å². The number of amides is 2. The van der Waals surface area contributed by atoms with E-state index in [9.17, 15) is 9.59 Å². The largest absolute Gasteiger partial charge is 0.293 e. The molecule has 0 unspecified atom stereocenters. The lowest BCUT2D eigenvalue weighted by Crippen LogP contribution is -2.27. The molecule has 2 amide bonds. The second-order valence-electron chi connectivity index (χ2n) is 6.04. The standard InChI is InChI=1S/C21H13Cl2NO2S/c22-17-9-4-10-18(23)16(17)12-24-20(25)19(27-21(24)26)11-14-7-3-6-13-5-1-2-8-15(13)14/h1-11H,12H2/b19-11-. The molecule has 134 valence electrons. The van der Waals surface area contributed by atoms with E-state index in [1.54, 1.807) is 24.3 Å². The van der Waals surface area contributed by atoms with Crippen LogP contribution in [0, 0.1) is 0 Å². The molecule has 0 aliphatic carbocycles. The van der Waals surface area contributed by atoms with Gasteiger partial charge in [0.05, 0.1) is 11.4 Å². The number of nitrogens with zero attached hydrogens (tertiary/aromatic N) is 1. The average Bonchev–Trinajstić information content (AvgIpc) is 2.92. The Morgan fingerprint density at radius 3 is 2.33 bits per heavy atom. The van der Waals surface area contributed by atoms with Crippen molar-refractivity contribution >= 4 is 63.0 Å². The van der Waals surface area contributed by atoms with Crippen molar-refractivity contribution in [1.29, 1.82) is 0 Å². The Kier molecular flexibility index (Phi) is 4.96. The first kappa shape index (κ1) is 18.1. The molecule has 4 rings (SSSR count). The van der Waals surface area contributed by atoms with E-state index in [2.05, 4.69) is 0 Å². The molecular weight excluding hydrogens is 401 g/mol. The molecule has 1 aliphatic rings. The second kappa shape index (κ2) is 7.39. The number of halogens is 2. The highest BCUT2D eigenvalue weighted by molar-refractivity contribution is 8.18. The lowest BCUT2D eigenvalue weighted by Gasteiger charge is -2.14. The third-order valence-electron chi connectivity index (χ3n) is 4.36. The molecule has 3 nitrogen and oxygen atoms in total. The highest BCUT2D eigenvalue weighted by atomic mass is 35.5. The molecule has 3 aromatic rings. The minimum atomic E-state index is -0.339. The van der Waals surface area contributed by atoms with Crippen LogP contribution in [0.1, 0.15) is 11.1 Å². The van der Waals surface area contributed by atoms with E-state index in [4.69, 9.17) is 23.2 Å². The fraction of sp³-hybridized carbons (Fsp3) is 0.0476. The molecule has 0 saturated carbocycles. The number of benzene rings is 3. The third-order valence-corrected chi connectivity index (χ3v) is 5.98. The van der Waals surface area contributed by atoms with Crippen LogP contribution >= 0.6 is 35.0 Å². The van der Waals surface area contributed by atoms with Crippen molar-refractivity contribution in [2.75, 3.05) is 0 Å². The van der Waals surface area contributed by atoms with Gasteiger partial charge in [0.25, 0.3) is 11.1 Å². The number of carbonyl (C=O) groups is 2. The van der Waals surface area contributed by atoms with Gasteiger partial charge in [-0.25, -0.2) is 0 Å². The van der Waals surface area contributed by atoms with Gasteiger partial charge in [-0.05, 0) is 46.3 Å². The van der Waals surface area contributed by atoms with Crippen molar-refractivity contribution in [1.82, 2.24) is 4.90 Å². The zero-order valence-corrected chi connectivity index (χ0v) is 16.3. The molecule has 0 bridgehead atoms. The maximum Gasteiger partial charge on any atom is 0.293 e. The summed E-state index contributed by atoms with van der Waals surface area (Å²) < 4.78 is 0. The topological polar surface area (TPSA) is 37.4 Å². The molecule has 0 aromatic heterocycles. The van der Waals surface area contributed by atoms with Gasteiger partial charge in [-0.1, -0.05) is 71.7 Å². The summed E-state index contributed by atoms with van der Waals surface area (Å²) in [6.07, 6.45) is 1.77. The monoisotopic (exact) mass is 413 g/mol. The molecule has 1 heterocycles. The fourth-order valence-corrected chi connectivity index (χ4v) is 4.34. The van der Waals surface area contributed by atoms with Crippen LogP contribution in [0.4, 0.5) is 4.79 Å². The van der Waals surface area contributed by atoms with E-state index in [0.29, 0.717) is 20.5 Å². The minimum absolute atomic E-state index is 0.0516. The molecule has 0 radical (unpaired) electrons. The number of thioether (sulfide) groups is 1. The average molecular weight is 414 g/mol. The molecule has 1 fully saturated rings. The summed E-state index contributed by atoms with van der Waals surface area (Å²) in [4.78, 5) is 26.8. The third kappa shape index (κ3) is 3.48. The van der Waals surface area contributed by atoms with Gasteiger partial charge in [0.2, 0.25) is 0 Å². The van der Waals surface area contributed by atoms with E-state index >= 15 is 0 Å². The van der Waals surface area contributed by atoms with Crippen molar-refractivity contribution in [2.24, 2.45) is 0 Å². The lowest BCUT2D eigenvalue weighted by atomic mass is 10.0. The first-order chi connectivity index (χ1) is 13.0. The van der Waals surface area contributed by atoms with Crippen molar-refractivity contribution in [3.05, 3.63) is 86.7 Å². The second-order valence-corrected chi connectivity index (χ2v) is 7.84. The van der Waals surface area contributed by atoms with Gasteiger partial charge in [-0.15, -0.1) is 0 Å². The highest BCUT2D eigenvalue weighted by Crippen LogP contribution is 2.36. The van der Waals surface area contributed by atoms with Gasteiger partial charge in [0, 0.05) is 15.6 Å². The molecule has 1 aliphatic heterocycles. The van der Waals surface area contributed by atoms with E-state index in [0.717, 1.165) is 28.1 Å². The quantitative estimate of drug-likeness (QED) is 0.467. The smallest absolute Gasteiger partial charge is 0.268 e. The van der Waals surface area contributed by atoms with Crippen molar-refractivity contribution in [2.45, 2.75) is 6.54 Å². The Hall–Kier alpha value is -2.27. The molecule has 0 N–H and O–H groups in total. The van der Waals surface area contributed by atoms with Gasteiger partial charge in [0.15, 0.2) is 0 Å². The summed E-state index contributed by atoms with van der Waals surface area (Å²) >= 11 is 13.3. The van der Waals surface area contributed by atoms with E-state index < -0.39 is 0 Å². The molecular formula is C21H13Cl2NO2S. The molecule has 3 aromatic carbocycles. The molecule has 27 heavy (non-hydrogen) atoms. The Balaban J connectivity index is 1.67. The first-order valence-electron chi connectivity index (χ1n) is 8.20. The number of rotatable bonds is 3. The van der Waals surface area contributed by atoms with E-state index in [1.165, 1.54) is 4.90 Å². The van der Waals surface area contributed by atoms with Crippen LogP contribution in [0.2, 0.25) is 10.0 Å². The van der Waals surface area contributed by atoms with Crippen molar-refractivity contribution < 1.29 is 9.59 Å². The Morgan fingerprint density at radius 1 is 0.889 bits per heavy atom. The summed E-state index contributed by atoms with van der Waals surface area (Å²) in [6, 6.07) is 18.9. The van der Waals surface area contributed by atoms with Crippen LogP contribution in [0.5, 0.6) is 0 Å². The Labute approximate surface area is 170 Å². The molecule has 0 atom stereocenters. The summed E-state index contributed by atoms with van der Waals surface area (Å²) in [5.41, 5.74) is 1.46. The fourth-order valence-electron chi connectivity index (χ4n) is 3.00. The highest BCUT2D eigenvalue weighted by Gasteiger charge is 2.35. The maximum absolute atomic E-state index is 12.8. The first-order valence-corrected chi connectivity index (χ1v) is 9.78. The number of fused-ring (bicyclic) bond motifs is 1. The van der Waals surface area contributed by atoms with Crippen molar-refractivity contribution in [3.63, 3.8) is 0 Å². The Morgan fingerprint density at radius 2 is 1.56 bits per heavy atom. The Bertz CT molecular complexity index is 1080. The van der Waals surface area contributed by atoms with Gasteiger partial charge in [0.1, 0.15) is 0 Å². The SMILES string of the molecule is O=C1S/C(=C\c2cccc3ccccc23)C(=O)N1Cc1c(Cl)cccc1Cl. The van der Waals surface area contributed by atoms with Crippen LogP contribution in [-0.2, 0) is 11.3 Å². The molecule has 6 heteroatoms. The predicted molar refractivity (Wildman–Crippen MR) is 112 cm³/mol. The summed E-state index contributed by atoms with van der Waals surface area (Å²) in [6.45, 7) is 0.0516.